The second-order valence-electron chi connectivity index (χ2n) is 4.02. The first kappa shape index (κ1) is 10.2. The van der Waals surface area contributed by atoms with Crippen molar-refractivity contribution in [1.29, 1.82) is 0 Å². The van der Waals surface area contributed by atoms with E-state index >= 15 is 0 Å². The van der Waals surface area contributed by atoms with Crippen molar-refractivity contribution < 1.29 is 4.79 Å². The summed E-state index contributed by atoms with van der Waals surface area (Å²) in [5, 5.41) is 3.06. The number of allylic oxidation sites excluding steroid dienone is 2. The van der Waals surface area contributed by atoms with E-state index in [0.29, 0.717) is 0 Å². The van der Waals surface area contributed by atoms with Crippen LogP contribution in [-0.4, -0.2) is 55.0 Å². The zero-order valence-corrected chi connectivity index (χ0v) is 9.02. The summed E-state index contributed by atoms with van der Waals surface area (Å²) >= 11 is 0. The van der Waals surface area contributed by atoms with Crippen molar-refractivity contribution in [2.45, 2.75) is 6.04 Å². The lowest BCUT2D eigenvalue weighted by atomic mass is 10.2. The Morgan fingerprint density at radius 3 is 2.60 bits per heavy atom. The first-order chi connectivity index (χ1) is 7.27. The van der Waals surface area contributed by atoms with Crippen molar-refractivity contribution in [3.05, 3.63) is 24.4 Å². The quantitative estimate of drug-likeness (QED) is 0.647. The highest BCUT2D eigenvalue weighted by Gasteiger charge is 2.24. The van der Waals surface area contributed by atoms with Crippen LogP contribution in [0.25, 0.3) is 0 Å². The fraction of sp³-hybridized carbons (Fsp3) is 0.545. The standard InChI is InChI=1S/C11H17N3O/c1-13-6-8-14(9-7-13)11(15)10-4-2-3-5-12-10/h2-5,10,12H,6-9H2,1H3. The molecule has 15 heavy (non-hydrogen) atoms. The van der Waals surface area contributed by atoms with Crippen molar-refractivity contribution in [2.75, 3.05) is 33.2 Å². The fourth-order valence-electron chi connectivity index (χ4n) is 1.82. The highest BCUT2D eigenvalue weighted by atomic mass is 16.2. The third-order valence-corrected chi connectivity index (χ3v) is 2.87. The van der Waals surface area contributed by atoms with E-state index in [0.717, 1.165) is 26.2 Å². The molecule has 2 aliphatic rings. The summed E-state index contributed by atoms with van der Waals surface area (Å²) in [6.07, 6.45) is 7.53. The Labute approximate surface area is 90.2 Å². The average Bonchev–Trinajstić information content (AvgIpc) is 2.30. The molecule has 0 aromatic carbocycles. The molecule has 0 saturated carbocycles. The van der Waals surface area contributed by atoms with E-state index < -0.39 is 0 Å². The normalized spacial score (nSPS) is 26.5. The van der Waals surface area contributed by atoms with E-state index in [2.05, 4.69) is 17.3 Å². The minimum absolute atomic E-state index is 0.168. The summed E-state index contributed by atoms with van der Waals surface area (Å²) < 4.78 is 0. The summed E-state index contributed by atoms with van der Waals surface area (Å²) in [6, 6.07) is -0.168. The molecule has 1 fully saturated rings. The Morgan fingerprint density at radius 2 is 2.00 bits per heavy atom. The molecule has 0 aliphatic carbocycles. The molecule has 0 radical (unpaired) electrons. The monoisotopic (exact) mass is 207 g/mol. The van der Waals surface area contributed by atoms with Crippen LogP contribution in [0, 0.1) is 0 Å². The fourth-order valence-corrected chi connectivity index (χ4v) is 1.82. The molecular weight excluding hydrogens is 190 g/mol. The van der Waals surface area contributed by atoms with Crippen molar-refractivity contribution in [1.82, 2.24) is 15.1 Å². The number of piperazine rings is 1. The van der Waals surface area contributed by atoms with Crippen LogP contribution < -0.4 is 5.32 Å². The van der Waals surface area contributed by atoms with Gasteiger partial charge in [0.15, 0.2) is 0 Å². The molecule has 0 spiro atoms. The Hall–Kier alpha value is -1.29. The maximum absolute atomic E-state index is 12.0. The Morgan fingerprint density at radius 1 is 1.27 bits per heavy atom. The number of carbonyl (C=O) groups is 1. The van der Waals surface area contributed by atoms with Gasteiger partial charge in [0.05, 0.1) is 0 Å². The molecule has 0 aromatic heterocycles. The molecule has 1 unspecified atom stereocenters. The van der Waals surface area contributed by atoms with E-state index in [1.807, 2.05) is 29.3 Å². The Bertz CT molecular complexity index is 290. The van der Waals surface area contributed by atoms with E-state index in [1.54, 1.807) is 0 Å². The molecular formula is C11H17N3O. The van der Waals surface area contributed by atoms with Gasteiger partial charge in [-0.25, -0.2) is 0 Å². The highest BCUT2D eigenvalue weighted by Crippen LogP contribution is 2.05. The van der Waals surface area contributed by atoms with Gasteiger partial charge in [-0.3, -0.25) is 4.79 Å². The Kier molecular flexibility index (Phi) is 3.06. The van der Waals surface area contributed by atoms with Gasteiger partial charge in [-0.15, -0.1) is 0 Å². The summed E-state index contributed by atoms with van der Waals surface area (Å²) in [7, 11) is 2.09. The van der Waals surface area contributed by atoms with Crippen LogP contribution in [0.5, 0.6) is 0 Å². The third kappa shape index (κ3) is 2.39. The summed E-state index contributed by atoms with van der Waals surface area (Å²) in [5.74, 6) is 0.184. The zero-order valence-electron chi connectivity index (χ0n) is 9.02. The number of nitrogens with zero attached hydrogens (tertiary/aromatic N) is 2. The van der Waals surface area contributed by atoms with Crippen LogP contribution in [-0.2, 0) is 4.79 Å². The predicted molar refractivity (Wildman–Crippen MR) is 59.3 cm³/mol. The number of dihydropyridines is 1. The smallest absolute Gasteiger partial charge is 0.249 e. The maximum Gasteiger partial charge on any atom is 0.249 e. The van der Waals surface area contributed by atoms with Crippen molar-refractivity contribution in [3.8, 4) is 0 Å². The molecule has 2 heterocycles. The van der Waals surface area contributed by atoms with Crippen LogP contribution in [0.4, 0.5) is 0 Å². The van der Waals surface area contributed by atoms with Gasteiger partial charge in [-0.05, 0) is 19.3 Å². The van der Waals surface area contributed by atoms with Crippen molar-refractivity contribution in [2.24, 2.45) is 0 Å². The lowest BCUT2D eigenvalue weighted by Crippen LogP contribution is -2.52. The van der Waals surface area contributed by atoms with E-state index in [-0.39, 0.29) is 11.9 Å². The lowest BCUT2D eigenvalue weighted by Gasteiger charge is -2.34. The van der Waals surface area contributed by atoms with Crippen LogP contribution >= 0.6 is 0 Å². The van der Waals surface area contributed by atoms with Gasteiger partial charge in [0.25, 0.3) is 0 Å². The van der Waals surface area contributed by atoms with Gasteiger partial charge >= 0.3 is 0 Å². The van der Waals surface area contributed by atoms with Gasteiger partial charge in [-0.2, -0.15) is 0 Å². The largest absolute Gasteiger partial charge is 0.377 e. The molecule has 4 heteroatoms. The molecule has 82 valence electrons. The lowest BCUT2D eigenvalue weighted by molar-refractivity contribution is -0.133. The van der Waals surface area contributed by atoms with Crippen LogP contribution in [0.3, 0.4) is 0 Å². The number of hydrogen-bond donors (Lipinski definition) is 1. The van der Waals surface area contributed by atoms with Gasteiger partial charge in [0.2, 0.25) is 5.91 Å². The molecule has 2 rings (SSSR count). The molecule has 1 N–H and O–H groups in total. The topological polar surface area (TPSA) is 35.6 Å². The number of rotatable bonds is 1. The number of likely N-dealkylation sites (N-methyl/N-ethyl adjacent to an activating group) is 1. The first-order valence-corrected chi connectivity index (χ1v) is 5.34. The number of hydrogen-bond acceptors (Lipinski definition) is 3. The Balaban J connectivity index is 1.90. The van der Waals surface area contributed by atoms with E-state index in [1.165, 1.54) is 0 Å². The number of amides is 1. The third-order valence-electron chi connectivity index (χ3n) is 2.87. The second kappa shape index (κ2) is 4.49. The average molecular weight is 207 g/mol. The minimum atomic E-state index is -0.168. The van der Waals surface area contributed by atoms with Crippen molar-refractivity contribution >= 4 is 5.91 Å². The molecule has 1 saturated heterocycles. The van der Waals surface area contributed by atoms with Gasteiger partial charge < -0.3 is 15.1 Å². The molecule has 2 aliphatic heterocycles. The first-order valence-electron chi connectivity index (χ1n) is 5.34. The van der Waals surface area contributed by atoms with Crippen LogP contribution in [0.2, 0.25) is 0 Å². The second-order valence-corrected chi connectivity index (χ2v) is 4.02. The summed E-state index contributed by atoms with van der Waals surface area (Å²) in [4.78, 5) is 16.2. The van der Waals surface area contributed by atoms with Crippen LogP contribution in [0.15, 0.2) is 24.4 Å². The predicted octanol–water partition coefficient (Wildman–Crippen LogP) is -0.198. The van der Waals surface area contributed by atoms with Gasteiger partial charge in [-0.1, -0.05) is 12.2 Å². The van der Waals surface area contributed by atoms with E-state index in [4.69, 9.17) is 0 Å². The minimum Gasteiger partial charge on any atom is -0.377 e. The molecule has 0 bridgehead atoms. The molecule has 1 amide bonds. The molecule has 1 atom stereocenters. The molecule has 4 nitrogen and oxygen atoms in total. The van der Waals surface area contributed by atoms with Crippen LogP contribution in [0.1, 0.15) is 0 Å². The van der Waals surface area contributed by atoms with Crippen molar-refractivity contribution in [3.63, 3.8) is 0 Å². The summed E-state index contributed by atoms with van der Waals surface area (Å²) in [6.45, 7) is 3.62. The zero-order chi connectivity index (χ0) is 10.7. The van der Waals surface area contributed by atoms with Gasteiger partial charge in [0.1, 0.15) is 6.04 Å². The van der Waals surface area contributed by atoms with Gasteiger partial charge in [0, 0.05) is 26.2 Å². The maximum atomic E-state index is 12.0. The number of nitrogens with one attached hydrogen (secondary N) is 1. The molecule has 0 aromatic rings. The number of carbonyl (C=O) groups excluding carboxylic acids is 1. The highest BCUT2D eigenvalue weighted by molar-refractivity contribution is 5.84. The SMILES string of the molecule is CN1CCN(C(=O)C2C=CC=CN2)CC1. The summed E-state index contributed by atoms with van der Waals surface area (Å²) in [5.41, 5.74) is 0. The van der Waals surface area contributed by atoms with E-state index in [9.17, 15) is 4.79 Å².